The average molecular weight is 293 g/mol. The van der Waals surface area contributed by atoms with Crippen LogP contribution in [-0.4, -0.2) is 36.7 Å². The van der Waals surface area contributed by atoms with E-state index in [4.69, 9.17) is 14.6 Å². The number of nitrogens with one attached hydrogen (secondary N) is 1. The highest BCUT2D eigenvalue weighted by atomic mass is 16.5. The zero-order valence-corrected chi connectivity index (χ0v) is 12.1. The van der Waals surface area contributed by atoms with E-state index in [0.717, 1.165) is 5.56 Å². The zero-order valence-electron chi connectivity index (χ0n) is 12.1. The summed E-state index contributed by atoms with van der Waals surface area (Å²) in [4.78, 5) is 22.6. The fourth-order valence-electron chi connectivity index (χ4n) is 1.66. The number of aliphatic carboxylic acids is 1. The second-order valence-electron chi connectivity index (χ2n) is 4.43. The smallest absolute Gasteiger partial charge is 0.326 e. The van der Waals surface area contributed by atoms with Gasteiger partial charge in [0.15, 0.2) is 18.1 Å². The van der Waals surface area contributed by atoms with Crippen molar-refractivity contribution in [1.29, 1.82) is 0 Å². The third kappa shape index (κ3) is 5.18. The van der Waals surface area contributed by atoms with E-state index in [1.165, 1.54) is 13.2 Å². The molecule has 0 radical (unpaired) electrons. The Labute approximate surface area is 123 Å². The van der Waals surface area contributed by atoms with Gasteiger partial charge in [0.2, 0.25) is 0 Å². The molecule has 2 N–H and O–H groups in total. The third-order valence-electron chi connectivity index (χ3n) is 2.71. The fraction of sp³-hybridized carbons (Fsp3) is 0.333. The third-order valence-corrected chi connectivity index (χ3v) is 2.71. The molecule has 6 nitrogen and oxygen atoms in total. The van der Waals surface area contributed by atoms with E-state index in [1.807, 2.05) is 13.0 Å². The molecule has 0 spiro atoms. The van der Waals surface area contributed by atoms with E-state index in [9.17, 15) is 9.59 Å². The largest absolute Gasteiger partial charge is 0.493 e. The number of aryl methyl sites for hydroxylation is 1. The van der Waals surface area contributed by atoms with Gasteiger partial charge in [-0.15, -0.1) is 6.58 Å². The first-order chi connectivity index (χ1) is 9.97. The molecule has 6 heteroatoms. The SMILES string of the molecule is C=CCC(NC(=O)COc1ccc(C)cc1OC)C(=O)O. The van der Waals surface area contributed by atoms with Gasteiger partial charge in [0.1, 0.15) is 6.04 Å². The maximum atomic E-state index is 11.7. The summed E-state index contributed by atoms with van der Waals surface area (Å²) in [6.07, 6.45) is 1.58. The molecule has 1 unspecified atom stereocenters. The number of carboxylic acid groups (broad SMARTS) is 1. The standard InChI is InChI=1S/C15H19NO5/c1-4-5-11(15(18)19)16-14(17)9-21-12-7-6-10(2)8-13(12)20-3/h4,6-8,11H,1,5,9H2,2-3H3,(H,16,17)(H,18,19). The molecule has 1 amide bonds. The van der Waals surface area contributed by atoms with Crippen LogP contribution in [0.15, 0.2) is 30.9 Å². The summed E-state index contributed by atoms with van der Waals surface area (Å²) >= 11 is 0. The summed E-state index contributed by atoms with van der Waals surface area (Å²) in [5.74, 6) is -0.694. The molecule has 0 bridgehead atoms. The van der Waals surface area contributed by atoms with Gasteiger partial charge >= 0.3 is 5.97 Å². The van der Waals surface area contributed by atoms with Crippen molar-refractivity contribution in [3.63, 3.8) is 0 Å². The molecule has 1 rings (SSSR count). The molecular formula is C15H19NO5. The Kier molecular flexibility index (Phi) is 6.26. The monoisotopic (exact) mass is 293 g/mol. The summed E-state index contributed by atoms with van der Waals surface area (Å²) in [6, 6.07) is 4.30. The first kappa shape index (κ1) is 16.6. The number of hydrogen-bond acceptors (Lipinski definition) is 4. The molecule has 114 valence electrons. The Bertz CT molecular complexity index is 527. The summed E-state index contributed by atoms with van der Waals surface area (Å²) in [7, 11) is 1.51. The van der Waals surface area contributed by atoms with E-state index in [2.05, 4.69) is 11.9 Å². The molecule has 0 heterocycles. The van der Waals surface area contributed by atoms with Gasteiger partial charge in [-0.05, 0) is 31.0 Å². The van der Waals surface area contributed by atoms with Crippen molar-refractivity contribution in [1.82, 2.24) is 5.32 Å². The molecule has 0 aliphatic rings. The van der Waals surface area contributed by atoms with Gasteiger partial charge in [-0.1, -0.05) is 12.1 Å². The first-order valence-corrected chi connectivity index (χ1v) is 6.38. The highest BCUT2D eigenvalue weighted by Crippen LogP contribution is 2.27. The Hall–Kier alpha value is -2.50. The van der Waals surface area contributed by atoms with Crippen LogP contribution in [0.1, 0.15) is 12.0 Å². The minimum atomic E-state index is -1.11. The van der Waals surface area contributed by atoms with Crippen molar-refractivity contribution in [3.8, 4) is 11.5 Å². The molecule has 0 aliphatic heterocycles. The van der Waals surface area contributed by atoms with Crippen LogP contribution in [0.5, 0.6) is 11.5 Å². The summed E-state index contributed by atoms with van der Waals surface area (Å²) < 4.78 is 10.5. The van der Waals surface area contributed by atoms with E-state index in [0.29, 0.717) is 11.5 Å². The van der Waals surface area contributed by atoms with Crippen LogP contribution in [0.25, 0.3) is 0 Å². The lowest BCUT2D eigenvalue weighted by Gasteiger charge is -2.14. The predicted molar refractivity (Wildman–Crippen MR) is 77.6 cm³/mol. The number of carbonyl (C=O) groups is 2. The van der Waals surface area contributed by atoms with Crippen molar-refractivity contribution in [2.24, 2.45) is 0 Å². The van der Waals surface area contributed by atoms with Gasteiger partial charge in [0, 0.05) is 0 Å². The second-order valence-corrected chi connectivity index (χ2v) is 4.43. The predicted octanol–water partition coefficient (Wildman–Crippen LogP) is 1.53. The van der Waals surface area contributed by atoms with Crippen LogP contribution in [0.3, 0.4) is 0 Å². The van der Waals surface area contributed by atoms with Gasteiger partial charge in [-0.25, -0.2) is 4.79 Å². The Morgan fingerprint density at radius 1 is 1.43 bits per heavy atom. The minimum absolute atomic E-state index is 0.148. The van der Waals surface area contributed by atoms with Crippen LogP contribution in [0.4, 0.5) is 0 Å². The van der Waals surface area contributed by atoms with Crippen molar-refractivity contribution in [2.75, 3.05) is 13.7 Å². The number of methoxy groups -OCH3 is 1. The number of rotatable bonds is 8. The topological polar surface area (TPSA) is 84.9 Å². The molecule has 0 saturated heterocycles. The maximum Gasteiger partial charge on any atom is 0.326 e. The molecule has 0 aliphatic carbocycles. The normalized spacial score (nSPS) is 11.3. The lowest BCUT2D eigenvalue weighted by Crippen LogP contribution is -2.42. The molecule has 1 aromatic carbocycles. The number of carbonyl (C=O) groups excluding carboxylic acids is 1. The van der Waals surface area contributed by atoms with Gasteiger partial charge < -0.3 is 19.9 Å². The second kappa shape index (κ2) is 7.94. The molecule has 0 aromatic heterocycles. The summed E-state index contributed by atoms with van der Waals surface area (Å²) in [5, 5.41) is 11.3. The molecule has 1 atom stereocenters. The number of amides is 1. The molecule has 0 saturated carbocycles. The van der Waals surface area contributed by atoms with Crippen LogP contribution in [0, 0.1) is 6.92 Å². The van der Waals surface area contributed by atoms with Crippen molar-refractivity contribution >= 4 is 11.9 Å². The van der Waals surface area contributed by atoms with E-state index < -0.39 is 17.9 Å². The zero-order chi connectivity index (χ0) is 15.8. The van der Waals surface area contributed by atoms with Crippen LogP contribution in [0.2, 0.25) is 0 Å². The van der Waals surface area contributed by atoms with Crippen LogP contribution >= 0.6 is 0 Å². The summed E-state index contributed by atoms with van der Waals surface area (Å²) in [5.41, 5.74) is 1.00. The lowest BCUT2D eigenvalue weighted by atomic mass is 10.2. The number of ether oxygens (including phenoxy) is 2. The van der Waals surface area contributed by atoms with E-state index >= 15 is 0 Å². The van der Waals surface area contributed by atoms with Gasteiger partial charge in [-0.2, -0.15) is 0 Å². The van der Waals surface area contributed by atoms with Gasteiger partial charge in [0.25, 0.3) is 5.91 Å². The maximum absolute atomic E-state index is 11.7. The van der Waals surface area contributed by atoms with Crippen molar-refractivity contribution in [2.45, 2.75) is 19.4 Å². The Morgan fingerprint density at radius 3 is 2.71 bits per heavy atom. The van der Waals surface area contributed by atoms with E-state index in [-0.39, 0.29) is 13.0 Å². The van der Waals surface area contributed by atoms with Crippen LogP contribution < -0.4 is 14.8 Å². The van der Waals surface area contributed by atoms with Gasteiger partial charge in [-0.3, -0.25) is 4.79 Å². The number of carboxylic acids is 1. The number of hydrogen-bond donors (Lipinski definition) is 2. The quantitative estimate of drug-likeness (QED) is 0.710. The Morgan fingerprint density at radius 2 is 2.14 bits per heavy atom. The minimum Gasteiger partial charge on any atom is -0.493 e. The molecular weight excluding hydrogens is 274 g/mol. The highest BCUT2D eigenvalue weighted by Gasteiger charge is 2.18. The van der Waals surface area contributed by atoms with Gasteiger partial charge in [0.05, 0.1) is 7.11 Å². The van der Waals surface area contributed by atoms with Crippen molar-refractivity contribution in [3.05, 3.63) is 36.4 Å². The molecule has 1 aromatic rings. The fourth-order valence-corrected chi connectivity index (χ4v) is 1.66. The Balaban J connectivity index is 2.60. The molecule has 21 heavy (non-hydrogen) atoms. The van der Waals surface area contributed by atoms with Crippen molar-refractivity contribution < 1.29 is 24.2 Å². The lowest BCUT2D eigenvalue weighted by molar-refractivity contribution is -0.142. The summed E-state index contributed by atoms with van der Waals surface area (Å²) in [6.45, 7) is 5.07. The van der Waals surface area contributed by atoms with E-state index in [1.54, 1.807) is 12.1 Å². The highest BCUT2D eigenvalue weighted by molar-refractivity contribution is 5.84. The van der Waals surface area contributed by atoms with Crippen LogP contribution in [-0.2, 0) is 9.59 Å². The number of benzene rings is 1. The molecule has 0 fully saturated rings. The first-order valence-electron chi connectivity index (χ1n) is 6.38. The average Bonchev–Trinajstić information content (AvgIpc) is 2.45.